The number of piperazine rings is 1. The summed E-state index contributed by atoms with van der Waals surface area (Å²) >= 11 is 0. The van der Waals surface area contributed by atoms with Crippen molar-refractivity contribution in [3.63, 3.8) is 0 Å². The number of likely N-dealkylation sites (N-methyl/N-ethyl adjacent to an activating group) is 1. The lowest BCUT2D eigenvalue weighted by Crippen LogP contribution is -2.53. The maximum absolute atomic E-state index is 3.56. The third-order valence-electron chi connectivity index (χ3n) is 4.50. The molecule has 0 amide bonds. The molecule has 2 aliphatic rings. The second kappa shape index (κ2) is 5.00. The average Bonchev–Trinajstić information content (AvgIpc) is 2.41. The van der Waals surface area contributed by atoms with Gasteiger partial charge >= 0.3 is 0 Å². The molecule has 3 nitrogen and oxygen atoms in total. The standard InChI is InChI=1S/C15H23N3/c1-12-11-18(8-7-17(12)2)15-10-16-9-13-5-3-4-6-14(13)15/h3-6,12,15-16H,7-11H2,1-2H3. The van der Waals surface area contributed by atoms with E-state index in [1.807, 2.05) is 0 Å². The van der Waals surface area contributed by atoms with Gasteiger partial charge in [0, 0.05) is 44.8 Å². The van der Waals surface area contributed by atoms with E-state index in [1.165, 1.54) is 30.8 Å². The quantitative estimate of drug-likeness (QED) is 0.808. The maximum atomic E-state index is 3.56. The molecule has 1 aromatic carbocycles. The monoisotopic (exact) mass is 245 g/mol. The Balaban J connectivity index is 1.81. The van der Waals surface area contributed by atoms with Gasteiger partial charge in [-0.1, -0.05) is 24.3 Å². The third-order valence-corrected chi connectivity index (χ3v) is 4.50. The molecule has 0 aromatic heterocycles. The predicted octanol–water partition coefficient (Wildman–Crippen LogP) is 1.47. The SMILES string of the molecule is CC1CN(C2CNCc3ccccc32)CCN1C. The largest absolute Gasteiger partial charge is 0.311 e. The fraction of sp³-hybridized carbons (Fsp3) is 0.600. The van der Waals surface area contributed by atoms with Gasteiger partial charge in [-0.25, -0.2) is 0 Å². The highest BCUT2D eigenvalue weighted by Gasteiger charge is 2.29. The Bertz CT molecular complexity index is 418. The number of nitrogens with zero attached hydrogens (tertiary/aromatic N) is 2. The van der Waals surface area contributed by atoms with Gasteiger partial charge in [0.05, 0.1) is 0 Å². The van der Waals surface area contributed by atoms with E-state index in [0.29, 0.717) is 12.1 Å². The van der Waals surface area contributed by atoms with Crippen LogP contribution < -0.4 is 5.32 Å². The summed E-state index contributed by atoms with van der Waals surface area (Å²) < 4.78 is 0. The van der Waals surface area contributed by atoms with Crippen LogP contribution in [0.3, 0.4) is 0 Å². The molecule has 1 N–H and O–H groups in total. The van der Waals surface area contributed by atoms with E-state index >= 15 is 0 Å². The van der Waals surface area contributed by atoms with Gasteiger partial charge in [-0.05, 0) is 25.1 Å². The molecule has 0 radical (unpaired) electrons. The Morgan fingerprint density at radius 1 is 1.22 bits per heavy atom. The molecule has 2 heterocycles. The van der Waals surface area contributed by atoms with Crippen LogP contribution in [0.15, 0.2) is 24.3 Å². The number of hydrogen-bond donors (Lipinski definition) is 1. The molecule has 2 atom stereocenters. The molecule has 0 saturated carbocycles. The first-order valence-corrected chi connectivity index (χ1v) is 6.98. The van der Waals surface area contributed by atoms with Gasteiger partial charge in [-0.3, -0.25) is 4.90 Å². The summed E-state index contributed by atoms with van der Waals surface area (Å²) in [6.07, 6.45) is 0. The maximum Gasteiger partial charge on any atom is 0.0477 e. The number of fused-ring (bicyclic) bond motifs is 1. The Morgan fingerprint density at radius 2 is 2.06 bits per heavy atom. The van der Waals surface area contributed by atoms with Gasteiger partial charge in [0.2, 0.25) is 0 Å². The number of benzene rings is 1. The fourth-order valence-electron chi connectivity index (χ4n) is 3.16. The fourth-order valence-corrected chi connectivity index (χ4v) is 3.16. The van der Waals surface area contributed by atoms with E-state index in [4.69, 9.17) is 0 Å². The molecule has 2 unspecified atom stereocenters. The highest BCUT2D eigenvalue weighted by molar-refractivity contribution is 5.32. The van der Waals surface area contributed by atoms with Crippen molar-refractivity contribution in [3.8, 4) is 0 Å². The first-order chi connectivity index (χ1) is 8.75. The van der Waals surface area contributed by atoms with Crippen molar-refractivity contribution in [1.82, 2.24) is 15.1 Å². The van der Waals surface area contributed by atoms with Gasteiger partial charge in [0.15, 0.2) is 0 Å². The van der Waals surface area contributed by atoms with Crippen LogP contribution in [0.4, 0.5) is 0 Å². The lowest BCUT2D eigenvalue weighted by Gasteiger charge is -2.43. The molecule has 98 valence electrons. The zero-order valence-electron chi connectivity index (χ0n) is 11.4. The minimum atomic E-state index is 0.561. The van der Waals surface area contributed by atoms with Crippen LogP contribution in [-0.2, 0) is 6.54 Å². The molecule has 1 saturated heterocycles. The summed E-state index contributed by atoms with van der Waals surface area (Å²) in [6, 6.07) is 10.1. The van der Waals surface area contributed by atoms with Crippen molar-refractivity contribution in [3.05, 3.63) is 35.4 Å². The van der Waals surface area contributed by atoms with E-state index in [1.54, 1.807) is 0 Å². The van der Waals surface area contributed by atoms with E-state index in [9.17, 15) is 0 Å². The molecule has 3 rings (SSSR count). The van der Waals surface area contributed by atoms with Gasteiger partial charge in [-0.15, -0.1) is 0 Å². The molecular formula is C15H23N3. The van der Waals surface area contributed by atoms with Gasteiger partial charge in [0.25, 0.3) is 0 Å². The van der Waals surface area contributed by atoms with Crippen LogP contribution in [-0.4, -0.2) is 49.1 Å². The summed E-state index contributed by atoms with van der Waals surface area (Å²) in [5, 5.41) is 3.56. The molecule has 0 bridgehead atoms. The third kappa shape index (κ3) is 2.18. The Labute approximate surface area is 110 Å². The van der Waals surface area contributed by atoms with Gasteiger partial charge in [0.1, 0.15) is 0 Å². The zero-order chi connectivity index (χ0) is 12.5. The topological polar surface area (TPSA) is 18.5 Å². The first-order valence-electron chi connectivity index (χ1n) is 6.98. The highest BCUT2D eigenvalue weighted by Crippen LogP contribution is 2.28. The molecule has 2 aliphatic heterocycles. The lowest BCUT2D eigenvalue weighted by molar-refractivity contribution is 0.0684. The van der Waals surface area contributed by atoms with Crippen molar-refractivity contribution >= 4 is 0 Å². The Hall–Kier alpha value is -0.900. The summed E-state index contributed by atoms with van der Waals surface area (Å²) in [5.74, 6) is 0. The van der Waals surface area contributed by atoms with Crippen LogP contribution >= 0.6 is 0 Å². The van der Waals surface area contributed by atoms with Crippen LogP contribution in [0.2, 0.25) is 0 Å². The molecule has 1 aromatic rings. The minimum absolute atomic E-state index is 0.561. The van der Waals surface area contributed by atoms with E-state index < -0.39 is 0 Å². The number of rotatable bonds is 1. The Kier molecular flexibility index (Phi) is 3.37. The minimum Gasteiger partial charge on any atom is -0.311 e. The van der Waals surface area contributed by atoms with Crippen molar-refractivity contribution < 1.29 is 0 Å². The zero-order valence-corrected chi connectivity index (χ0v) is 11.4. The Morgan fingerprint density at radius 3 is 2.89 bits per heavy atom. The molecule has 3 heteroatoms. The molecule has 1 fully saturated rings. The highest BCUT2D eigenvalue weighted by atomic mass is 15.3. The van der Waals surface area contributed by atoms with Crippen molar-refractivity contribution in [2.75, 3.05) is 33.2 Å². The summed E-state index contributed by atoms with van der Waals surface area (Å²) in [7, 11) is 2.23. The predicted molar refractivity (Wildman–Crippen MR) is 74.6 cm³/mol. The average molecular weight is 245 g/mol. The molecular weight excluding hydrogens is 222 g/mol. The molecule has 18 heavy (non-hydrogen) atoms. The van der Waals surface area contributed by atoms with Crippen molar-refractivity contribution in [1.29, 1.82) is 0 Å². The van der Waals surface area contributed by atoms with Crippen LogP contribution in [0.1, 0.15) is 24.1 Å². The second-order valence-corrected chi connectivity index (χ2v) is 5.67. The summed E-state index contributed by atoms with van der Waals surface area (Å²) in [4.78, 5) is 5.11. The lowest BCUT2D eigenvalue weighted by atomic mass is 9.94. The van der Waals surface area contributed by atoms with Crippen molar-refractivity contribution in [2.45, 2.75) is 25.6 Å². The van der Waals surface area contributed by atoms with Crippen LogP contribution in [0.5, 0.6) is 0 Å². The smallest absolute Gasteiger partial charge is 0.0477 e. The first kappa shape index (κ1) is 12.2. The van der Waals surface area contributed by atoms with Crippen LogP contribution in [0, 0.1) is 0 Å². The summed E-state index contributed by atoms with van der Waals surface area (Å²) in [6.45, 7) is 7.98. The van der Waals surface area contributed by atoms with Crippen molar-refractivity contribution in [2.24, 2.45) is 0 Å². The molecule has 0 spiro atoms. The van der Waals surface area contributed by atoms with E-state index in [0.717, 1.165) is 13.1 Å². The molecule has 0 aliphatic carbocycles. The second-order valence-electron chi connectivity index (χ2n) is 5.67. The van der Waals surface area contributed by atoms with E-state index in [-0.39, 0.29) is 0 Å². The number of hydrogen-bond acceptors (Lipinski definition) is 3. The van der Waals surface area contributed by atoms with Gasteiger partial charge < -0.3 is 10.2 Å². The number of nitrogens with one attached hydrogen (secondary N) is 1. The normalized spacial score (nSPS) is 30.1. The van der Waals surface area contributed by atoms with Crippen LogP contribution in [0.25, 0.3) is 0 Å². The van der Waals surface area contributed by atoms with E-state index in [2.05, 4.69) is 53.4 Å². The summed E-state index contributed by atoms with van der Waals surface area (Å²) in [5.41, 5.74) is 3.01. The van der Waals surface area contributed by atoms with Gasteiger partial charge in [-0.2, -0.15) is 0 Å².